The lowest BCUT2D eigenvalue weighted by Crippen LogP contribution is -2.35. The molecule has 0 spiro atoms. The number of fused-ring (bicyclic) bond motifs is 3. The van der Waals surface area contributed by atoms with Crippen LogP contribution in [-0.4, -0.2) is 62.1 Å². The van der Waals surface area contributed by atoms with Gasteiger partial charge in [-0.05, 0) is 44.1 Å². The van der Waals surface area contributed by atoms with Crippen molar-refractivity contribution in [3.63, 3.8) is 0 Å². The Hall–Kier alpha value is -3.32. The zero-order chi connectivity index (χ0) is 26.0. The molecule has 0 N–H and O–H groups in total. The van der Waals surface area contributed by atoms with E-state index in [0.29, 0.717) is 11.3 Å². The maximum atomic E-state index is 13.2. The van der Waals surface area contributed by atoms with Gasteiger partial charge >= 0.3 is 10.2 Å². The van der Waals surface area contributed by atoms with Crippen molar-refractivity contribution in [1.29, 1.82) is 5.26 Å². The Labute approximate surface area is 212 Å². The molecule has 0 amide bonds. The summed E-state index contributed by atoms with van der Waals surface area (Å²) in [6, 6.07) is 9.94. The number of aromatic nitrogens is 1. The van der Waals surface area contributed by atoms with E-state index in [1.165, 1.54) is 22.4 Å². The molecule has 188 valence electrons. The molecule has 2 aliphatic heterocycles. The molecule has 2 atom stereocenters. The lowest BCUT2D eigenvalue weighted by Gasteiger charge is -2.37. The van der Waals surface area contributed by atoms with Gasteiger partial charge in [0.05, 0.1) is 18.7 Å². The van der Waals surface area contributed by atoms with E-state index < -0.39 is 21.7 Å². The molecule has 1 aromatic carbocycles. The van der Waals surface area contributed by atoms with Crippen LogP contribution in [0.5, 0.6) is 0 Å². The Kier molecular flexibility index (Phi) is 5.67. The number of ether oxygens (including phenoxy) is 2. The number of nitriles is 1. The predicted molar refractivity (Wildman–Crippen MR) is 139 cm³/mol. The molecule has 3 heterocycles. The summed E-state index contributed by atoms with van der Waals surface area (Å²) in [6.07, 6.45) is 6.52. The van der Waals surface area contributed by atoms with Crippen molar-refractivity contribution in [1.82, 2.24) is 13.2 Å². The first kappa shape index (κ1) is 24.4. The second kappa shape index (κ2) is 8.37. The molecular weight excluding hydrogens is 476 g/mol. The van der Waals surface area contributed by atoms with Gasteiger partial charge in [-0.3, -0.25) is 0 Å². The van der Waals surface area contributed by atoms with E-state index in [4.69, 9.17) is 9.47 Å². The summed E-state index contributed by atoms with van der Waals surface area (Å²) in [4.78, 5) is 2.20. The van der Waals surface area contributed by atoms with E-state index in [1.54, 1.807) is 26.5 Å². The SMILES string of the molecule is COC1=CC2=C3C(C#N)C(c4cn(S(=O)(=O)N(C)C)c5ccccc45)=C(C)N3CCC2=CC1(C)OC. The third kappa shape index (κ3) is 3.29. The van der Waals surface area contributed by atoms with Gasteiger partial charge in [0.2, 0.25) is 0 Å². The second-order valence-corrected chi connectivity index (χ2v) is 11.6. The van der Waals surface area contributed by atoms with Crippen molar-refractivity contribution < 1.29 is 17.9 Å². The highest BCUT2D eigenvalue weighted by Crippen LogP contribution is 2.51. The molecule has 8 nitrogen and oxygen atoms in total. The van der Waals surface area contributed by atoms with Gasteiger partial charge in [-0.2, -0.15) is 18.0 Å². The molecule has 0 saturated carbocycles. The second-order valence-electron chi connectivity index (χ2n) is 9.60. The average molecular weight is 507 g/mol. The van der Waals surface area contributed by atoms with Gasteiger partial charge in [-0.1, -0.05) is 18.2 Å². The summed E-state index contributed by atoms with van der Waals surface area (Å²) in [6.45, 7) is 4.70. The lowest BCUT2D eigenvalue weighted by atomic mass is 9.81. The molecule has 0 saturated heterocycles. The Bertz CT molecular complexity index is 1550. The fourth-order valence-electron chi connectivity index (χ4n) is 5.57. The van der Waals surface area contributed by atoms with Gasteiger partial charge in [-0.25, -0.2) is 3.97 Å². The largest absolute Gasteiger partial charge is 0.498 e. The van der Waals surface area contributed by atoms with Crippen molar-refractivity contribution in [2.75, 3.05) is 34.9 Å². The number of hydrogen-bond acceptors (Lipinski definition) is 6. The highest BCUT2D eigenvalue weighted by Gasteiger charge is 2.43. The Morgan fingerprint density at radius 1 is 1.22 bits per heavy atom. The number of benzene rings is 1. The van der Waals surface area contributed by atoms with Gasteiger partial charge in [-0.15, -0.1) is 0 Å². The molecule has 1 aliphatic carbocycles. The van der Waals surface area contributed by atoms with Crippen molar-refractivity contribution in [3.05, 3.63) is 76.5 Å². The smallest absolute Gasteiger partial charge is 0.307 e. The Balaban J connectivity index is 1.75. The zero-order valence-electron chi connectivity index (χ0n) is 21.4. The van der Waals surface area contributed by atoms with Crippen LogP contribution in [0.4, 0.5) is 0 Å². The first-order chi connectivity index (χ1) is 17.1. The van der Waals surface area contributed by atoms with E-state index >= 15 is 0 Å². The number of allylic oxidation sites excluding steroid dienone is 4. The van der Waals surface area contributed by atoms with E-state index in [2.05, 4.69) is 17.0 Å². The maximum absolute atomic E-state index is 13.2. The Morgan fingerprint density at radius 3 is 2.58 bits per heavy atom. The highest BCUT2D eigenvalue weighted by molar-refractivity contribution is 7.87. The third-order valence-corrected chi connectivity index (χ3v) is 9.26. The minimum absolute atomic E-state index is 0.564. The van der Waals surface area contributed by atoms with Gasteiger partial charge in [0, 0.05) is 67.4 Å². The number of rotatable bonds is 5. The maximum Gasteiger partial charge on any atom is 0.307 e. The minimum atomic E-state index is -3.76. The van der Waals surface area contributed by atoms with Crippen LogP contribution in [0.2, 0.25) is 0 Å². The number of para-hydroxylation sites is 1. The highest BCUT2D eigenvalue weighted by atomic mass is 32.2. The molecule has 1 aromatic heterocycles. The number of methoxy groups -OCH3 is 2. The van der Waals surface area contributed by atoms with Crippen LogP contribution < -0.4 is 0 Å². The van der Waals surface area contributed by atoms with Crippen LogP contribution in [0, 0.1) is 17.2 Å². The predicted octanol–water partition coefficient (Wildman–Crippen LogP) is 4.02. The van der Waals surface area contributed by atoms with Crippen molar-refractivity contribution >= 4 is 26.7 Å². The van der Waals surface area contributed by atoms with Gasteiger partial charge in [0.1, 0.15) is 17.3 Å². The van der Waals surface area contributed by atoms with Crippen LogP contribution in [0.3, 0.4) is 0 Å². The minimum Gasteiger partial charge on any atom is -0.498 e. The van der Waals surface area contributed by atoms with E-state index in [-0.39, 0.29) is 0 Å². The Morgan fingerprint density at radius 2 is 1.94 bits per heavy atom. The van der Waals surface area contributed by atoms with Crippen molar-refractivity contribution in [2.45, 2.75) is 25.9 Å². The first-order valence-corrected chi connectivity index (χ1v) is 13.2. The summed E-state index contributed by atoms with van der Waals surface area (Å²) in [5, 5.41) is 11.3. The number of nitrogens with zero attached hydrogens (tertiary/aromatic N) is 4. The van der Waals surface area contributed by atoms with Crippen LogP contribution in [0.15, 0.2) is 70.9 Å². The molecule has 2 unspecified atom stereocenters. The van der Waals surface area contributed by atoms with Gasteiger partial charge in [0.15, 0.2) is 0 Å². The van der Waals surface area contributed by atoms with Gasteiger partial charge < -0.3 is 14.4 Å². The quantitative estimate of drug-likeness (QED) is 0.609. The van der Waals surface area contributed by atoms with Crippen LogP contribution in [0.25, 0.3) is 16.5 Å². The third-order valence-electron chi connectivity index (χ3n) is 7.54. The van der Waals surface area contributed by atoms with E-state index in [1.807, 2.05) is 38.1 Å². The molecule has 2 aromatic rings. The standard InChI is InChI=1S/C27H30N4O4S/c1-17-25(22-16-31(36(32,33)29(3)4)23-10-8-7-9-19(22)23)21(15-28)26-20-13-24(34-5)27(2,35-6)14-18(20)11-12-30(17)26/h7-10,13-14,16,21H,11-12H2,1-6H3. The topological polar surface area (TPSA) is 87.8 Å². The first-order valence-electron chi connectivity index (χ1n) is 11.8. The van der Waals surface area contributed by atoms with Crippen molar-refractivity contribution in [3.8, 4) is 6.07 Å². The molecule has 0 radical (unpaired) electrons. The molecule has 3 aliphatic rings. The molecule has 5 rings (SSSR count). The summed E-state index contributed by atoms with van der Waals surface area (Å²) >= 11 is 0. The average Bonchev–Trinajstić information content (AvgIpc) is 3.38. The van der Waals surface area contributed by atoms with Crippen molar-refractivity contribution in [2.24, 2.45) is 5.92 Å². The van der Waals surface area contributed by atoms with Crippen LogP contribution in [0.1, 0.15) is 25.8 Å². The number of hydrogen-bond donors (Lipinski definition) is 0. The normalized spacial score (nSPS) is 24.1. The molecule has 36 heavy (non-hydrogen) atoms. The summed E-state index contributed by atoms with van der Waals surface area (Å²) < 4.78 is 40.3. The fourth-order valence-corrected chi connectivity index (χ4v) is 6.57. The lowest BCUT2D eigenvalue weighted by molar-refractivity contribution is 0.0303. The van der Waals surface area contributed by atoms with Crippen LogP contribution in [-0.2, 0) is 19.7 Å². The fraction of sp³-hybridized carbons (Fsp3) is 0.370. The monoisotopic (exact) mass is 506 g/mol. The van der Waals surface area contributed by atoms with E-state index in [0.717, 1.165) is 52.0 Å². The summed E-state index contributed by atoms with van der Waals surface area (Å²) in [7, 11) is 2.55. The summed E-state index contributed by atoms with van der Waals surface area (Å²) in [5.41, 5.74) is 5.45. The zero-order valence-corrected chi connectivity index (χ0v) is 22.2. The van der Waals surface area contributed by atoms with Crippen LogP contribution >= 0.6 is 0 Å². The molecular formula is C27H30N4O4S. The molecule has 0 bridgehead atoms. The molecule has 0 fully saturated rings. The van der Waals surface area contributed by atoms with E-state index in [9.17, 15) is 13.7 Å². The summed E-state index contributed by atoms with van der Waals surface area (Å²) in [5.74, 6) is 0.112. The van der Waals surface area contributed by atoms with Gasteiger partial charge in [0.25, 0.3) is 0 Å². The molecule has 9 heteroatoms.